The number of hydrogen-bond donors (Lipinski definition) is 0. The second-order valence-corrected chi connectivity index (χ2v) is 8.40. The minimum absolute atomic E-state index is 0.107. The highest BCUT2D eigenvalue weighted by Crippen LogP contribution is 2.25. The number of pyridine rings is 1. The standard InChI is InChI=1S/C24H16F2N4O2S/c1-14-8-9-29-21(10-14)27-16(12-22(29)31)13-33-24-28-19-5-3-2-4-17(19)23(32)30(24)20-7-6-15(25)11-18(20)26/h2-12H,13H2,1H3. The van der Waals surface area contributed by atoms with E-state index in [0.717, 1.165) is 34.0 Å². The summed E-state index contributed by atoms with van der Waals surface area (Å²) in [5.41, 5.74) is 1.59. The van der Waals surface area contributed by atoms with Crippen molar-refractivity contribution in [3.63, 3.8) is 0 Å². The molecular weight excluding hydrogens is 446 g/mol. The highest BCUT2D eigenvalue weighted by atomic mass is 32.2. The maximum atomic E-state index is 14.6. The number of benzene rings is 2. The molecule has 0 aliphatic carbocycles. The Hall–Kier alpha value is -3.85. The number of hydrogen-bond acceptors (Lipinski definition) is 5. The van der Waals surface area contributed by atoms with Crippen LogP contribution in [-0.4, -0.2) is 18.9 Å². The molecule has 0 spiro atoms. The Kier molecular flexibility index (Phi) is 5.26. The lowest BCUT2D eigenvalue weighted by molar-refractivity contribution is 0.572. The zero-order valence-corrected chi connectivity index (χ0v) is 18.1. The van der Waals surface area contributed by atoms with Crippen LogP contribution in [0.4, 0.5) is 8.78 Å². The van der Waals surface area contributed by atoms with Crippen molar-refractivity contribution in [2.24, 2.45) is 0 Å². The molecule has 33 heavy (non-hydrogen) atoms. The summed E-state index contributed by atoms with van der Waals surface area (Å²) in [5, 5.41) is 0.513. The van der Waals surface area contributed by atoms with Crippen LogP contribution < -0.4 is 11.1 Å². The topological polar surface area (TPSA) is 69.3 Å². The molecule has 0 saturated carbocycles. The lowest BCUT2D eigenvalue weighted by Crippen LogP contribution is -2.23. The molecule has 3 heterocycles. The van der Waals surface area contributed by atoms with Crippen molar-refractivity contribution in [3.05, 3.63) is 110 Å². The summed E-state index contributed by atoms with van der Waals surface area (Å²) in [6.07, 6.45) is 1.66. The molecule has 0 saturated heterocycles. The Bertz CT molecular complexity index is 1660. The SMILES string of the molecule is Cc1ccn2c(=O)cc(CSc3nc4ccccc4c(=O)n3-c3ccc(F)cc3F)nc2c1. The first kappa shape index (κ1) is 21.0. The molecule has 5 rings (SSSR count). The molecule has 0 radical (unpaired) electrons. The molecular formula is C24H16F2N4O2S. The minimum Gasteiger partial charge on any atom is -0.269 e. The zero-order chi connectivity index (χ0) is 23.1. The number of nitrogens with zero attached hydrogens (tertiary/aromatic N) is 4. The molecule has 6 nitrogen and oxygen atoms in total. The van der Waals surface area contributed by atoms with E-state index in [-0.39, 0.29) is 22.2 Å². The van der Waals surface area contributed by atoms with Crippen LogP contribution in [-0.2, 0) is 5.75 Å². The maximum Gasteiger partial charge on any atom is 0.266 e. The molecule has 9 heteroatoms. The highest BCUT2D eigenvalue weighted by Gasteiger charge is 2.17. The van der Waals surface area contributed by atoms with Crippen LogP contribution in [0.3, 0.4) is 0 Å². The predicted molar refractivity (Wildman–Crippen MR) is 123 cm³/mol. The van der Waals surface area contributed by atoms with Gasteiger partial charge >= 0.3 is 0 Å². The molecule has 0 N–H and O–H groups in total. The molecule has 0 amide bonds. The molecule has 0 bridgehead atoms. The third-order valence-electron chi connectivity index (χ3n) is 5.12. The summed E-state index contributed by atoms with van der Waals surface area (Å²) in [7, 11) is 0. The van der Waals surface area contributed by atoms with Crippen LogP contribution in [0.25, 0.3) is 22.2 Å². The zero-order valence-electron chi connectivity index (χ0n) is 17.3. The van der Waals surface area contributed by atoms with Crippen LogP contribution in [0.5, 0.6) is 0 Å². The third kappa shape index (κ3) is 3.91. The van der Waals surface area contributed by atoms with E-state index >= 15 is 0 Å². The quantitative estimate of drug-likeness (QED) is 0.295. The summed E-state index contributed by atoms with van der Waals surface area (Å²) >= 11 is 1.14. The lowest BCUT2D eigenvalue weighted by Gasteiger charge is -2.14. The van der Waals surface area contributed by atoms with Gasteiger partial charge in [-0.25, -0.2) is 18.7 Å². The van der Waals surface area contributed by atoms with Gasteiger partial charge in [-0.3, -0.25) is 18.6 Å². The van der Waals surface area contributed by atoms with Crippen molar-refractivity contribution in [2.75, 3.05) is 0 Å². The second kappa shape index (κ2) is 8.25. The number of para-hydroxylation sites is 1. The first-order valence-electron chi connectivity index (χ1n) is 10.00. The van der Waals surface area contributed by atoms with Gasteiger partial charge in [0.05, 0.1) is 22.3 Å². The van der Waals surface area contributed by atoms with Crippen LogP contribution in [0, 0.1) is 18.6 Å². The Morgan fingerprint density at radius 2 is 1.79 bits per heavy atom. The van der Waals surface area contributed by atoms with Crippen molar-refractivity contribution >= 4 is 28.3 Å². The third-order valence-corrected chi connectivity index (χ3v) is 6.09. The average Bonchev–Trinajstić information content (AvgIpc) is 2.78. The van der Waals surface area contributed by atoms with Crippen molar-refractivity contribution in [1.29, 1.82) is 0 Å². The van der Waals surface area contributed by atoms with E-state index < -0.39 is 17.2 Å². The van der Waals surface area contributed by atoms with E-state index in [1.807, 2.05) is 13.0 Å². The first-order valence-corrected chi connectivity index (χ1v) is 11.0. The molecule has 3 aromatic heterocycles. The number of rotatable bonds is 4. The normalized spacial score (nSPS) is 11.4. The van der Waals surface area contributed by atoms with Gasteiger partial charge in [-0.1, -0.05) is 23.9 Å². The van der Waals surface area contributed by atoms with E-state index in [2.05, 4.69) is 9.97 Å². The monoisotopic (exact) mass is 462 g/mol. The van der Waals surface area contributed by atoms with Gasteiger partial charge in [-0.05, 0) is 48.9 Å². The molecule has 2 aromatic carbocycles. The van der Waals surface area contributed by atoms with Crippen molar-refractivity contribution in [1.82, 2.24) is 18.9 Å². The number of aryl methyl sites for hydroxylation is 1. The van der Waals surface area contributed by atoms with Gasteiger partial charge in [-0.2, -0.15) is 0 Å². The number of fused-ring (bicyclic) bond motifs is 2. The predicted octanol–water partition coefficient (Wildman–Crippen LogP) is 4.27. The van der Waals surface area contributed by atoms with Gasteiger partial charge in [0.2, 0.25) is 0 Å². The van der Waals surface area contributed by atoms with E-state index in [1.54, 1.807) is 36.5 Å². The molecule has 5 aromatic rings. The van der Waals surface area contributed by atoms with E-state index in [1.165, 1.54) is 16.5 Å². The van der Waals surface area contributed by atoms with Crippen LogP contribution in [0.2, 0.25) is 0 Å². The van der Waals surface area contributed by atoms with Crippen molar-refractivity contribution in [3.8, 4) is 5.69 Å². The Morgan fingerprint density at radius 1 is 0.970 bits per heavy atom. The summed E-state index contributed by atoms with van der Waals surface area (Å²) in [4.78, 5) is 34.8. The van der Waals surface area contributed by atoms with Gasteiger partial charge in [0.15, 0.2) is 5.16 Å². The average molecular weight is 462 g/mol. The molecule has 0 atom stereocenters. The van der Waals surface area contributed by atoms with Crippen LogP contribution in [0.1, 0.15) is 11.3 Å². The molecule has 0 fully saturated rings. The first-order chi connectivity index (χ1) is 15.9. The van der Waals surface area contributed by atoms with Gasteiger partial charge in [0.25, 0.3) is 11.1 Å². The largest absolute Gasteiger partial charge is 0.269 e. The Labute approximate surface area is 190 Å². The lowest BCUT2D eigenvalue weighted by atomic mass is 10.2. The van der Waals surface area contributed by atoms with Crippen LogP contribution in [0.15, 0.2) is 81.6 Å². The fourth-order valence-corrected chi connectivity index (χ4v) is 4.45. The van der Waals surface area contributed by atoms with Crippen molar-refractivity contribution < 1.29 is 8.78 Å². The van der Waals surface area contributed by atoms with E-state index in [9.17, 15) is 18.4 Å². The summed E-state index contributed by atoms with van der Waals surface area (Å²) in [6, 6.07) is 14.8. The molecule has 0 aliphatic heterocycles. The van der Waals surface area contributed by atoms with E-state index in [4.69, 9.17) is 0 Å². The molecule has 0 unspecified atom stereocenters. The van der Waals surface area contributed by atoms with Crippen LogP contribution >= 0.6 is 11.8 Å². The number of aromatic nitrogens is 4. The number of halogens is 2. The highest BCUT2D eigenvalue weighted by molar-refractivity contribution is 7.98. The van der Waals surface area contributed by atoms with Crippen molar-refractivity contribution in [2.45, 2.75) is 17.8 Å². The fourth-order valence-electron chi connectivity index (χ4n) is 3.55. The summed E-state index contributed by atoms with van der Waals surface area (Å²) in [6.45, 7) is 1.91. The fraction of sp³-hybridized carbons (Fsp3) is 0.0833. The summed E-state index contributed by atoms with van der Waals surface area (Å²) in [5.74, 6) is -1.41. The van der Waals surface area contributed by atoms with Gasteiger partial charge in [-0.15, -0.1) is 0 Å². The van der Waals surface area contributed by atoms with Gasteiger partial charge in [0, 0.05) is 24.1 Å². The Balaban J connectivity index is 1.63. The maximum absolute atomic E-state index is 14.6. The Morgan fingerprint density at radius 3 is 2.61 bits per heavy atom. The summed E-state index contributed by atoms with van der Waals surface area (Å²) < 4.78 is 30.7. The number of thioether (sulfide) groups is 1. The smallest absolute Gasteiger partial charge is 0.266 e. The van der Waals surface area contributed by atoms with Gasteiger partial charge < -0.3 is 0 Å². The molecule has 164 valence electrons. The van der Waals surface area contributed by atoms with E-state index in [0.29, 0.717) is 22.2 Å². The second-order valence-electron chi connectivity index (χ2n) is 7.45. The minimum atomic E-state index is -0.881. The molecule has 0 aliphatic rings. The van der Waals surface area contributed by atoms with Gasteiger partial charge in [0.1, 0.15) is 17.3 Å².